The molecule has 0 aliphatic carbocycles. The molecule has 2 heterocycles. The van der Waals surface area contributed by atoms with Crippen LogP contribution < -0.4 is 10.1 Å². The van der Waals surface area contributed by atoms with Gasteiger partial charge >= 0.3 is 0 Å². The van der Waals surface area contributed by atoms with E-state index in [1.54, 1.807) is 41.2 Å². The maximum atomic E-state index is 12.1. The summed E-state index contributed by atoms with van der Waals surface area (Å²) in [4.78, 5) is 12.1. The van der Waals surface area contributed by atoms with Crippen LogP contribution in [0.4, 0.5) is 5.69 Å². The van der Waals surface area contributed by atoms with Crippen LogP contribution in [0.3, 0.4) is 0 Å². The van der Waals surface area contributed by atoms with E-state index in [1.165, 1.54) is 18.9 Å². The predicted molar refractivity (Wildman–Crippen MR) is 96.1 cm³/mol. The Hall–Kier alpha value is -2.45. The third-order valence-electron chi connectivity index (χ3n) is 3.34. The summed E-state index contributed by atoms with van der Waals surface area (Å²) in [7, 11) is 3.36. The van der Waals surface area contributed by atoms with Gasteiger partial charge in [0.1, 0.15) is 5.75 Å². The van der Waals surface area contributed by atoms with Crippen LogP contribution >= 0.6 is 23.4 Å². The Labute approximate surface area is 153 Å². The molecular formula is C16H15ClN4O3S. The number of amides is 1. The summed E-state index contributed by atoms with van der Waals surface area (Å²) in [5.41, 5.74) is 0.602. The zero-order valence-corrected chi connectivity index (χ0v) is 15.1. The van der Waals surface area contributed by atoms with Crippen LogP contribution in [0.1, 0.15) is 0 Å². The lowest BCUT2D eigenvalue weighted by atomic mass is 10.3. The number of thioether (sulfide) groups is 1. The molecule has 0 bridgehead atoms. The lowest BCUT2D eigenvalue weighted by Crippen LogP contribution is -2.14. The maximum absolute atomic E-state index is 12.1. The van der Waals surface area contributed by atoms with Gasteiger partial charge in [-0.25, -0.2) is 0 Å². The number of halogens is 1. The van der Waals surface area contributed by atoms with Crippen molar-refractivity contribution in [2.75, 3.05) is 18.2 Å². The van der Waals surface area contributed by atoms with Crippen molar-refractivity contribution < 1.29 is 13.9 Å². The smallest absolute Gasteiger partial charge is 0.234 e. The summed E-state index contributed by atoms with van der Waals surface area (Å²) in [6, 6.07) is 8.65. The van der Waals surface area contributed by atoms with Crippen LogP contribution in [0.5, 0.6) is 5.75 Å². The van der Waals surface area contributed by atoms with Crippen molar-refractivity contribution in [3.8, 4) is 17.3 Å². The topological polar surface area (TPSA) is 82.2 Å². The molecule has 0 aliphatic heterocycles. The van der Waals surface area contributed by atoms with Crippen LogP contribution in [0, 0.1) is 0 Å². The minimum atomic E-state index is -0.172. The number of furan rings is 1. The third-order valence-corrected chi connectivity index (χ3v) is 4.66. The Morgan fingerprint density at radius 3 is 2.92 bits per heavy atom. The van der Waals surface area contributed by atoms with Crippen LogP contribution in [0.25, 0.3) is 11.6 Å². The molecule has 0 fully saturated rings. The van der Waals surface area contributed by atoms with E-state index in [4.69, 9.17) is 20.8 Å². The highest BCUT2D eigenvalue weighted by Gasteiger charge is 2.14. The number of carbonyl (C=O) groups excluding carboxylic acids is 1. The normalized spacial score (nSPS) is 10.7. The Bertz CT molecular complexity index is 880. The molecule has 0 unspecified atom stereocenters. The second-order valence-corrected chi connectivity index (χ2v) is 6.38. The maximum Gasteiger partial charge on any atom is 0.234 e. The van der Waals surface area contributed by atoms with Crippen molar-refractivity contribution in [1.29, 1.82) is 0 Å². The molecular weight excluding hydrogens is 364 g/mol. The molecule has 0 aliphatic rings. The van der Waals surface area contributed by atoms with Gasteiger partial charge in [0.25, 0.3) is 0 Å². The van der Waals surface area contributed by atoms with Gasteiger partial charge < -0.3 is 19.0 Å². The average molecular weight is 379 g/mol. The highest BCUT2D eigenvalue weighted by molar-refractivity contribution is 7.99. The van der Waals surface area contributed by atoms with Gasteiger partial charge in [-0.3, -0.25) is 4.79 Å². The molecule has 1 amide bonds. The number of rotatable bonds is 6. The zero-order valence-electron chi connectivity index (χ0n) is 13.5. The fourth-order valence-corrected chi connectivity index (χ4v) is 3.10. The summed E-state index contributed by atoms with van der Waals surface area (Å²) < 4.78 is 12.2. The molecule has 3 aromatic rings. The van der Waals surface area contributed by atoms with Gasteiger partial charge in [-0.1, -0.05) is 23.4 Å². The van der Waals surface area contributed by atoms with Gasteiger partial charge in [0.15, 0.2) is 16.7 Å². The van der Waals surface area contributed by atoms with E-state index in [0.29, 0.717) is 33.2 Å². The molecule has 0 spiro atoms. The molecule has 0 saturated carbocycles. The van der Waals surface area contributed by atoms with E-state index in [-0.39, 0.29) is 11.7 Å². The number of methoxy groups -OCH3 is 1. The number of nitrogens with one attached hydrogen (secondary N) is 1. The minimum Gasteiger partial charge on any atom is -0.495 e. The van der Waals surface area contributed by atoms with E-state index in [0.717, 1.165) is 0 Å². The number of carbonyl (C=O) groups is 1. The lowest BCUT2D eigenvalue weighted by molar-refractivity contribution is -0.113. The van der Waals surface area contributed by atoms with Gasteiger partial charge in [0.2, 0.25) is 5.91 Å². The minimum absolute atomic E-state index is 0.172. The highest BCUT2D eigenvalue weighted by Crippen LogP contribution is 2.27. The number of hydrogen-bond acceptors (Lipinski definition) is 6. The fraction of sp³-hybridized carbons (Fsp3) is 0.188. The average Bonchev–Trinajstić information content (AvgIpc) is 3.23. The molecule has 130 valence electrons. The Balaban J connectivity index is 1.60. The molecule has 7 nitrogen and oxygen atoms in total. The van der Waals surface area contributed by atoms with Crippen molar-refractivity contribution in [1.82, 2.24) is 14.8 Å². The highest BCUT2D eigenvalue weighted by atomic mass is 35.5. The first-order chi connectivity index (χ1) is 12.1. The fourth-order valence-electron chi connectivity index (χ4n) is 2.13. The van der Waals surface area contributed by atoms with E-state index >= 15 is 0 Å². The van der Waals surface area contributed by atoms with Gasteiger partial charge in [0.05, 0.1) is 24.1 Å². The molecule has 0 atom stereocenters. The van der Waals surface area contributed by atoms with Gasteiger partial charge in [-0.05, 0) is 30.3 Å². The first-order valence-corrected chi connectivity index (χ1v) is 8.64. The monoisotopic (exact) mass is 378 g/mol. The molecule has 9 heteroatoms. The second kappa shape index (κ2) is 7.62. The quantitative estimate of drug-likeness (QED) is 0.661. The van der Waals surface area contributed by atoms with Gasteiger partial charge in [-0.2, -0.15) is 0 Å². The van der Waals surface area contributed by atoms with E-state index < -0.39 is 0 Å². The Morgan fingerprint density at radius 1 is 1.40 bits per heavy atom. The van der Waals surface area contributed by atoms with Gasteiger partial charge in [0, 0.05) is 12.7 Å². The summed E-state index contributed by atoms with van der Waals surface area (Å²) in [6.45, 7) is 0. The molecule has 25 heavy (non-hydrogen) atoms. The predicted octanol–water partition coefficient (Wildman–Crippen LogP) is 3.47. The summed E-state index contributed by atoms with van der Waals surface area (Å²) in [5.74, 6) is 1.80. The Morgan fingerprint density at radius 2 is 2.24 bits per heavy atom. The van der Waals surface area contributed by atoms with Gasteiger partial charge in [-0.15, -0.1) is 10.2 Å². The van der Waals surface area contributed by atoms with Crippen LogP contribution in [-0.4, -0.2) is 33.5 Å². The number of anilines is 1. The standard InChI is InChI=1S/C16H15ClN4O3S/c1-21-15(13-4-3-7-24-13)19-20-16(21)25-9-14(22)18-10-5-6-12(23-2)11(17)8-10/h3-8H,9H2,1-2H3,(H,18,22). The third kappa shape index (κ3) is 3.97. The van der Waals surface area contributed by atoms with Crippen LogP contribution in [-0.2, 0) is 11.8 Å². The van der Waals surface area contributed by atoms with E-state index in [9.17, 15) is 4.79 Å². The lowest BCUT2D eigenvalue weighted by Gasteiger charge is -2.08. The van der Waals surface area contributed by atoms with Crippen molar-refractivity contribution in [3.05, 3.63) is 41.6 Å². The number of hydrogen-bond donors (Lipinski definition) is 1. The molecule has 1 aromatic carbocycles. The molecule has 0 radical (unpaired) electrons. The number of nitrogens with zero attached hydrogens (tertiary/aromatic N) is 3. The Kier molecular flexibility index (Phi) is 5.30. The number of ether oxygens (including phenoxy) is 1. The molecule has 0 saturated heterocycles. The molecule has 3 rings (SSSR count). The second-order valence-electron chi connectivity index (χ2n) is 5.03. The summed E-state index contributed by atoms with van der Waals surface area (Å²) in [5, 5.41) is 12.0. The van der Waals surface area contributed by atoms with Crippen molar-refractivity contribution in [3.63, 3.8) is 0 Å². The number of benzene rings is 1. The van der Waals surface area contributed by atoms with Crippen molar-refractivity contribution in [2.24, 2.45) is 7.05 Å². The summed E-state index contributed by atoms with van der Waals surface area (Å²) in [6.07, 6.45) is 1.57. The van der Waals surface area contributed by atoms with Crippen LogP contribution in [0.2, 0.25) is 5.02 Å². The SMILES string of the molecule is COc1ccc(NC(=O)CSc2nnc(-c3ccco3)n2C)cc1Cl. The molecule has 1 N–H and O–H groups in total. The zero-order chi connectivity index (χ0) is 17.8. The first kappa shape index (κ1) is 17.4. The largest absolute Gasteiger partial charge is 0.495 e. The first-order valence-electron chi connectivity index (χ1n) is 7.28. The van der Waals surface area contributed by atoms with E-state index in [2.05, 4.69) is 15.5 Å². The molecule has 2 aromatic heterocycles. The van der Waals surface area contributed by atoms with Crippen molar-refractivity contribution in [2.45, 2.75) is 5.16 Å². The summed E-state index contributed by atoms with van der Waals surface area (Å²) >= 11 is 7.33. The van der Waals surface area contributed by atoms with E-state index in [1.807, 2.05) is 7.05 Å². The number of aromatic nitrogens is 3. The van der Waals surface area contributed by atoms with Crippen molar-refractivity contribution >= 4 is 35.0 Å². The van der Waals surface area contributed by atoms with Crippen LogP contribution in [0.15, 0.2) is 46.2 Å².